The standard InChI is InChI=1S/C11H20N4Si2/c1-16(2,3)15(17(4,5)6)10-8-13-11(7-12)14-9-10/h8-9H,1-6H3. The van der Waals surface area contributed by atoms with Gasteiger partial charge in [-0.05, 0) is 0 Å². The lowest BCUT2D eigenvalue weighted by molar-refractivity contribution is 1.10. The third kappa shape index (κ3) is 3.38. The minimum Gasteiger partial charge on any atom is -0.422 e. The Kier molecular flexibility index (Phi) is 3.74. The van der Waals surface area contributed by atoms with Gasteiger partial charge in [-0.2, -0.15) is 5.26 Å². The molecule has 1 aromatic heterocycles. The zero-order chi connectivity index (χ0) is 13.3. The minimum absolute atomic E-state index is 0.236. The first-order chi connectivity index (χ1) is 7.66. The predicted octanol–water partition coefficient (Wildman–Crippen LogP) is 2.82. The second-order valence-corrected chi connectivity index (χ2v) is 16.1. The molecule has 4 nitrogen and oxygen atoms in total. The van der Waals surface area contributed by atoms with Crippen LogP contribution in [0.3, 0.4) is 0 Å². The third-order valence-electron chi connectivity index (χ3n) is 2.34. The van der Waals surface area contributed by atoms with Crippen LogP contribution in [0.4, 0.5) is 5.69 Å². The molecule has 0 spiro atoms. The molecule has 0 atom stereocenters. The molecule has 0 unspecified atom stereocenters. The molecule has 0 N–H and O–H groups in total. The molecule has 0 aliphatic heterocycles. The Morgan fingerprint density at radius 1 is 1.00 bits per heavy atom. The van der Waals surface area contributed by atoms with Gasteiger partial charge in [0, 0.05) is 0 Å². The van der Waals surface area contributed by atoms with Gasteiger partial charge < -0.3 is 4.23 Å². The highest BCUT2D eigenvalue weighted by molar-refractivity contribution is 6.99. The van der Waals surface area contributed by atoms with E-state index in [1.165, 1.54) is 0 Å². The molecule has 92 valence electrons. The zero-order valence-electron chi connectivity index (χ0n) is 11.4. The molecule has 1 aromatic rings. The van der Waals surface area contributed by atoms with Gasteiger partial charge in [-0.1, -0.05) is 39.3 Å². The summed E-state index contributed by atoms with van der Waals surface area (Å²) in [5.41, 5.74) is 1.06. The SMILES string of the molecule is C[Si](C)(C)N(c1cnc(C#N)nc1)[Si](C)(C)C. The van der Waals surface area contributed by atoms with E-state index in [9.17, 15) is 0 Å². The molecule has 0 bridgehead atoms. The van der Waals surface area contributed by atoms with Crippen molar-refractivity contribution in [3.05, 3.63) is 18.2 Å². The zero-order valence-corrected chi connectivity index (χ0v) is 13.4. The lowest BCUT2D eigenvalue weighted by atomic mass is 10.5. The van der Waals surface area contributed by atoms with Gasteiger partial charge in [0.1, 0.15) is 22.5 Å². The number of hydrogen-bond acceptors (Lipinski definition) is 4. The first kappa shape index (κ1) is 13.9. The third-order valence-corrected chi connectivity index (χ3v) is 9.56. The maximum absolute atomic E-state index is 8.72. The molecule has 1 heterocycles. The van der Waals surface area contributed by atoms with Crippen molar-refractivity contribution in [1.29, 1.82) is 5.26 Å². The van der Waals surface area contributed by atoms with Crippen LogP contribution in [0.25, 0.3) is 0 Å². The van der Waals surface area contributed by atoms with Crippen molar-refractivity contribution in [2.24, 2.45) is 0 Å². The van der Waals surface area contributed by atoms with Crippen LogP contribution in [0.15, 0.2) is 12.4 Å². The fraction of sp³-hybridized carbons (Fsp3) is 0.545. The number of nitriles is 1. The molecular weight excluding hydrogens is 244 g/mol. The molecule has 6 heteroatoms. The average Bonchev–Trinajstić information content (AvgIpc) is 2.14. The summed E-state index contributed by atoms with van der Waals surface area (Å²) in [6, 6.07) is 1.95. The summed E-state index contributed by atoms with van der Waals surface area (Å²) in [7, 11) is -2.92. The Morgan fingerprint density at radius 3 is 1.71 bits per heavy atom. The molecule has 0 radical (unpaired) electrons. The highest BCUT2D eigenvalue weighted by Crippen LogP contribution is 2.26. The van der Waals surface area contributed by atoms with Gasteiger partial charge in [0.25, 0.3) is 0 Å². The Morgan fingerprint density at radius 2 is 1.41 bits per heavy atom. The largest absolute Gasteiger partial charge is 0.422 e. The molecule has 0 saturated carbocycles. The number of hydrogen-bond donors (Lipinski definition) is 0. The molecule has 0 amide bonds. The Labute approximate surface area is 105 Å². The second kappa shape index (κ2) is 4.58. The van der Waals surface area contributed by atoms with Crippen LogP contribution in [0, 0.1) is 11.3 Å². The van der Waals surface area contributed by atoms with Crippen molar-refractivity contribution in [2.75, 3.05) is 4.23 Å². The fourth-order valence-corrected chi connectivity index (χ4v) is 12.1. The highest BCUT2D eigenvalue weighted by atomic mass is 28.4. The molecule has 0 fully saturated rings. The highest BCUT2D eigenvalue weighted by Gasteiger charge is 2.34. The van der Waals surface area contributed by atoms with E-state index in [-0.39, 0.29) is 5.82 Å². The van der Waals surface area contributed by atoms with Crippen LogP contribution in [-0.4, -0.2) is 26.4 Å². The summed E-state index contributed by atoms with van der Waals surface area (Å²) in [4.78, 5) is 8.15. The monoisotopic (exact) mass is 264 g/mol. The second-order valence-electron chi connectivity index (χ2n) is 6.05. The van der Waals surface area contributed by atoms with Crippen LogP contribution in [-0.2, 0) is 0 Å². The van der Waals surface area contributed by atoms with Crippen LogP contribution >= 0.6 is 0 Å². The number of anilines is 1. The number of nitrogens with zero attached hydrogens (tertiary/aromatic N) is 4. The van der Waals surface area contributed by atoms with Gasteiger partial charge in [0.15, 0.2) is 0 Å². The summed E-state index contributed by atoms with van der Waals surface area (Å²) in [5, 5.41) is 8.72. The van der Waals surface area contributed by atoms with Crippen LogP contribution in [0.1, 0.15) is 5.82 Å². The van der Waals surface area contributed by atoms with E-state index in [0.717, 1.165) is 5.69 Å². The summed E-state index contributed by atoms with van der Waals surface area (Å²) in [6.45, 7) is 13.9. The molecule has 17 heavy (non-hydrogen) atoms. The normalized spacial score (nSPS) is 12.1. The van der Waals surface area contributed by atoms with Gasteiger partial charge in [0.05, 0.1) is 18.1 Å². The summed E-state index contributed by atoms with van der Waals surface area (Å²) >= 11 is 0. The van der Waals surface area contributed by atoms with Gasteiger partial charge in [-0.15, -0.1) is 0 Å². The summed E-state index contributed by atoms with van der Waals surface area (Å²) in [5.74, 6) is 0.236. The lowest BCUT2D eigenvalue weighted by Crippen LogP contribution is -2.59. The quantitative estimate of drug-likeness (QED) is 0.788. The average molecular weight is 264 g/mol. The lowest BCUT2D eigenvalue weighted by Gasteiger charge is -2.45. The van der Waals surface area contributed by atoms with Crippen molar-refractivity contribution < 1.29 is 0 Å². The Bertz CT molecular complexity index is 409. The minimum atomic E-state index is -1.46. The molecule has 0 aliphatic rings. The summed E-state index contributed by atoms with van der Waals surface area (Å²) in [6.07, 6.45) is 3.56. The molecule has 0 aromatic carbocycles. The van der Waals surface area contributed by atoms with E-state index in [4.69, 9.17) is 5.26 Å². The van der Waals surface area contributed by atoms with Gasteiger partial charge in [-0.3, -0.25) is 0 Å². The van der Waals surface area contributed by atoms with E-state index in [1.807, 2.05) is 6.07 Å². The van der Waals surface area contributed by atoms with E-state index in [2.05, 4.69) is 53.5 Å². The van der Waals surface area contributed by atoms with Gasteiger partial charge in [0.2, 0.25) is 5.82 Å². The van der Waals surface area contributed by atoms with Gasteiger partial charge in [-0.25, -0.2) is 9.97 Å². The first-order valence-corrected chi connectivity index (χ1v) is 12.6. The topological polar surface area (TPSA) is 52.8 Å². The van der Waals surface area contributed by atoms with Crippen molar-refractivity contribution in [2.45, 2.75) is 39.3 Å². The fourth-order valence-electron chi connectivity index (χ4n) is 2.28. The molecule has 0 aliphatic carbocycles. The van der Waals surface area contributed by atoms with E-state index in [0.29, 0.717) is 0 Å². The Balaban J connectivity index is 3.20. The summed E-state index contributed by atoms with van der Waals surface area (Å²) < 4.78 is 2.53. The van der Waals surface area contributed by atoms with Crippen molar-refractivity contribution in [1.82, 2.24) is 9.97 Å². The maximum Gasteiger partial charge on any atom is 0.232 e. The number of rotatable bonds is 3. The van der Waals surface area contributed by atoms with Crippen LogP contribution in [0.2, 0.25) is 39.3 Å². The molecule has 1 rings (SSSR count). The number of aromatic nitrogens is 2. The smallest absolute Gasteiger partial charge is 0.232 e. The van der Waals surface area contributed by atoms with Crippen LogP contribution in [0.5, 0.6) is 0 Å². The van der Waals surface area contributed by atoms with E-state index < -0.39 is 16.5 Å². The molecular formula is C11H20N4Si2. The van der Waals surface area contributed by atoms with Crippen molar-refractivity contribution in [3.8, 4) is 6.07 Å². The first-order valence-electron chi connectivity index (χ1n) is 5.69. The maximum atomic E-state index is 8.72. The van der Waals surface area contributed by atoms with Crippen LogP contribution < -0.4 is 4.23 Å². The Hall–Kier alpha value is -1.20. The van der Waals surface area contributed by atoms with Gasteiger partial charge >= 0.3 is 0 Å². The van der Waals surface area contributed by atoms with Crippen molar-refractivity contribution >= 4 is 22.2 Å². The van der Waals surface area contributed by atoms with E-state index >= 15 is 0 Å². The predicted molar refractivity (Wildman–Crippen MR) is 75.9 cm³/mol. The molecule has 0 saturated heterocycles. The van der Waals surface area contributed by atoms with Crippen molar-refractivity contribution in [3.63, 3.8) is 0 Å². The van der Waals surface area contributed by atoms with E-state index in [1.54, 1.807) is 12.4 Å².